The van der Waals surface area contributed by atoms with Gasteiger partial charge in [-0.25, -0.2) is 0 Å². The first-order valence-electron chi connectivity index (χ1n) is 6.18. The Morgan fingerprint density at radius 1 is 1.61 bits per heavy atom. The number of hydrogen-bond donors (Lipinski definition) is 1. The highest BCUT2D eigenvalue weighted by atomic mass is 32.1. The minimum atomic E-state index is -0.341. The van der Waals surface area contributed by atoms with E-state index >= 15 is 0 Å². The van der Waals surface area contributed by atoms with Gasteiger partial charge < -0.3 is 5.32 Å². The smallest absolute Gasteiger partial charge is 0.313 e. The summed E-state index contributed by atoms with van der Waals surface area (Å²) in [5.41, 5.74) is 2.20. The van der Waals surface area contributed by atoms with Crippen LogP contribution in [0.3, 0.4) is 0 Å². The van der Waals surface area contributed by atoms with Crippen molar-refractivity contribution in [1.29, 1.82) is 0 Å². The second-order valence-electron chi connectivity index (χ2n) is 4.53. The van der Waals surface area contributed by atoms with Gasteiger partial charge >= 0.3 is 5.00 Å². The van der Waals surface area contributed by atoms with E-state index in [2.05, 4.69) is 32.2 Å². The van der Waals surface area contributed by atoms with Crippen LogP contribution in [0.25, 0.3) is 6.08 Å². The van der Waals surface area contributed by atoms with Crippen LogP contribution in [0.15, 0.2) is 17.0 Å². The van der Waals surface area contributed by atoms with E-state index in [4.69, 9.17) is 0 Å². The fraction of sp³-hybridized carbons (Fsp3) is 0.538. The summed E-state index contributed by atoms with van der Waals surface area (Å²) >= 11 is 1.18. The number of rotatable bonds is 7. The minimum Gasteiger partial charge on any atom is -0.313 e. The Labute approximate surface area is 112 Å². The van der Waals surface area contributed by atoms with Gasteiger partial charge in [-0.2, -0.15) is 0 Å². The summed E-state index contributed by atoms with van der Waals surface area (Å²) in [7, 11) is 0. The van der Waals surface area contributed by atoms with Gasteiger partial charge in [-0.1, -0.05) is 43.8 Å². The second kappa shape index (κ2) is 7.28. The largest absolute Gasteiger partial charge is 0.324 e. The first kappa shape index (κ1) is 14.9. The molecule has 18 heavy (non-hydrogen) atoms. The van der Waals surface area contributed by atoms with E-state index in [-0.39, 0.29) is 9.92 Å². The summed E-state index contributed by atoms with van der Waals surface area (Å²) in [5, 5.41) is 16.0. The molecule has 1 rings (SSSR count). The molecule has 0 aliphatic rings. The maximum absolute atomic E-state index is 10.6. The van der Waals surface area contributed by atoms with Crippen molar-refractivity contribution in [1.82, 2.24) is 5.32 Å². The highest BCUT2D eigenvalue weighted by Crippen LogP contribution is 2.25. The Morgan fingerprint density at radius 3 is 2.83 bits per heavy atom. The van der Waals surface area contributed by atoms with Gasteiger partial charge in [-0.3, -0.25) is 10.1 Å². The third-order valence-electron chi connectivity index (χ3n) is 2.64. The average Bonchev–Trinajstić information content (AvgIpc) is 2.76. The molecule has 0 radical (unpaired) electrons. The van der Waals surface area contributed by atoms with Gasteiger partial charge in [0.05, 0.1) is 4.92 Å². The lowest BCUT2D eigenvalue weighted by Crippen LogP contribution is -2.19. The van der Waals surface area contributed by atoms with Crippen LogP contribution in [-0.4, -0.2) is 18.0 Å². The Kier molecular flexibility index (Phi) is 6.01. The normalized spacial score (nSPS) is 12.1. The monoisotopic (exact) mass is 268 g/mol. The molecule has 1 heterocycles. The molecule has 0 aromatic carbocycles. The molecule has 1 N–H and O–H groups in total. The van der Waals surface area contributed by atoms with E-state index in [9.17, 15) is 10.1 Å². The van der Waals surface area contributed by atoms with Crippen molar-refractivity contribution in [3.63, 3.8) is 0 Å². The quantitative estimate of drug-likeness (QED) is 0.466. The van der Waals surface area contributed by atoms with E-state index in [1.54, 1.807) is 6.07 Å². The van der Waals surface area contributed by atoms with Crippen LogP contribution < -0.4 is 5.32 Å². The van der Waals surface area contributed by atoms with Crippen molar-refractivity contribution in [2.75, 3.05) is 13.1 Å². The highest BCUT2D eigenvalue weighted by Gasteiger charge is 2.10. The maximum Gasteiger partial charge on any atom is 0.324 e. The Bertz CT molecular complexity index is 424. The lowest BCUT2D eigenvalue weighted by molar-refractivity contribution is -0.380. The molecule has 0 saturated carbocycles. The number of nitrogens with one attached hydrogen (secondary N) is 1. The molecule has 4 nitrogen and oxygen atoms in total. The summed E-state index contributed by atoms with van der Waals surface area (Å²) in [5.74, 6) is 0.438. The van der Waals surface area contributed by atoms with E-state index < -0.39 is 0 Å². The summed E-state index contributed by atoms with van der Waals surface area (Å²) in [6.45, 7) is 8.25. The Hall–Kier alpha value is -1.20. The summed E-state index contributed by atoms with van der Waals surface area (Å²) in [6.07, 6.45) is 3.16. The van der Waals surface area contributed by atoms with Gasteiger partial charge in [-0.15, -0.1) is 0 Å². The molecule has 0 aliphatic carbocycles. The Balaban J connectivity index is 2.76. The average molecular weight is 268 g/mol. The number of hydrogen-bond acceptors (Lipinski definition) is 4. The van der Waals surface area contributed by atoms with Gasteiger partial charge in [0.25, 0.3) is 0 Å². The molecule has 0 fully saturated rings. The van der Waals surface area contributed by atoms with E-state index in [1.807, 2.05) is 5.38 Å². The molecule has 100 valence electrons. The summed E-state index contributed by atoms with van der Waals surface area (Å²) in [6, 6.07) is 1.63. The van der Waals surface area contributed by atoms with Crippen LogP contribution in [0.4, 0.5) is 5.00 Å². The third-order valence-corrected chi connectivity index (χ3v) is 3.53. The third kappa shape index (κ3) is 4.58. The van der Waals surface area contributed by atoms with E-state index in [0.717, 1.165) is 25.1 Å². The van der Waals surface area contributed by atoms with Gasteiger partial charge in [0, 0.05) is 18.0 Å². The Morgan fingerprint density at radius 2 is 2.33 bits per heavy atom. The van der Waals surface area contributed by atoms with Crippen molar-refractivity contribution in [3.05, 3.63) is 32.7 Å². The zero-order chi connectivity index (χ0) is 13.5. The molecule has 5 heteroatoms. The number of nitrogens with zero attached hydrogens (tertiary/aromatic N) is 1. The number of thiophene rings is 1. The molecule has 0 unspecified atom stereocenters. The molecule has 0 bridgehead atoms. The zero-order valence-electron chi connectivity index (χ0n) is 11.1. The highest BCUT2D eigenvalue weighted by molar-refractivity contribution is 7.13. The van der Waals surface area contributed by atoms with Gasteiger partial charge in [0.15, 0.2) is 0 Å². The van der Waals surface area contributed by atoms with Crippen molar-refractivity contribution in [2.45, 2.75) is 27.2 Å². The molecular formula is C13H20N2O2S. The fourth-order valence-electron chi connectivity index (χ4n) is 1.56. The second-order valence-corrected chi connectivity index (χ2v) is 5.42. The molecule has 0 spiro atoms. The van der Waals surface area contributed by atoms with Crippen molar-refractivity contribution >= 4 is 22.4 Å². The topological polar surface area (TPSA) is 55.2 Å². The van der Waals surface area contributed by atoms with Crippen LogP contribution in [0.2, 0.25) is 0 Å². The molecule has 0 saturated heterocycles. The fourth-order valence-corrected chi connectivity index (χ4v) is 2.24. The maximum atomic E-state index is 10.6. The minimum absolute atomic E-state index is 0.200. The molecule has 0 amide bonds. The molecule has 0 aliphatic heterocycles. The van der Waals surface area contributed by atoms with Gasteiger partial charge in [-0.05, 0) is 24.4 Å². The predicted octanol–water partition coefficient (Wildman–Crippen LogP) is 3.70. The van der Waals surface area contributed by atoms with Gasteiger partial charge in [0.2, 0.25) is 0 Å². The lowest BCUT2D eigenvalue weighted by atomic mass is 10.0. The summed E-state index contributed by atoms with van der Waals surface area (Å²) < 4.78 is 0. The van der Waals surface area contributed by atoms with Crippen molar-refractivity contribution < 1.29 is 4.92 Å². The summed E-state index contributed by atoms with van der Waals surface area (Å²) in [4.78, 5) is 10.3. The van der Waals surface area contributed by atoms with E-state index in [1.165, 1.54) is 16.9 Å². The zero-order valence-corrected chi connectivity index (χ0v) is 11.9. The van der Waals surface area contributed by atoms with Crippen LogP contribution in [-0.2, 0) is 0 Å². The first-order valence-corrected chi connectivity index (χ1v) is 7.06. The molecule has 0 atom stereocenters. The van der Waals surface area contributed by atoms with E-state index in [0.29, 0.717) is 5.92 Å². The van der Waals surface area contributed by atoms with Crippen LogP contribution in [0.5, 0.6) is 0 Å². The van der Waals surface area contributed by atoms with Crippen LogP contribution >= 0.6 is 11.3 Å². The van der Waals surface area contributed by atoms with Crippen LogP contribution in [0.1, 0.15) is 32.8 Å². The van der Waals surface area contributed by atoms with Crippen LogP contribution in [0, 0.1) is 16.0 Å². The SMILES string of the molecule is CCCNCC(=Cc1csc([N+](=O)[O-])c1)C(C)C. The van der Waals surface area contributed by atoms with Gasteiger partial charge in [0.1, 0.15) is 0 Å². The van der Waals surface area contributed by atoms with Crippen molar-refractivity contribution in [3.8, 4) is 0 Å². The lowest BCUT2D eigenvalue weighted by Gasteiger charge is -2.12. The predicted molar refractivity (Wildman–Crippen MR) is 76.9 cm³/mol. The molecule has 1 aromatic heterocycles. The van der Waals surface area contributed by atoms with Crippen molar-refractivity contribution in [2.24, 2.45) is 5.92 Å². The standard InChI is InChI=1S/C13H20N2O2S/c1-4-5-14-8-12(10(2)3)6-11-7-13(15(16)17)18-9-11/h6-7,9-10,14H,4-5,8H2,1-3H3. The number of nitro groups is 1. The first-order chi connectivity index (χ1) is 8.54. The molecular weight excluding hydrogens is 248 g/mol. The molecule has 1 aromatic rings.